The molecule has 1 amide bonds. The van der Waals surface area contributed by atoms with Gasteiger partial charge in [-0.25, -0.2) is 4.79 Å². The van der Waals surface area contributed by atoms with E-state index >= 15 is 0 Å². The number of nitrogens with one attached hydrogen (secondary N) is 1. The fourth-order valence-corrected chi connectivity index (χ4v) is 2.67. The highest BCUT2D eigenvalue weighted by molar-refractivity contribution is 5.96. The number of hydrogen-bond donors (Lipinski definition) is 1. The van der Waals surface area contributed by atoms with Gasteiger partial charge < -0.3 is 19.5 Å². The second-order valence-electron chi connectivity index (χ2n) is 6.12. The van der Waals surface area contributed by atoms with E-state index in [2.05, 4.69) is 5.32 Å². The molecule has 3 aromatic rings. The maximum Gasteiger partial charge on any atom is 0.344 e. The van der Waals surface area contributed by atoms with Crippen molar-refractivity contribution < 1.29 is 23.8 Å². The summed E-state index contributed by atoms with van der Waals surface area (Å²) in [4.78, 5) is 24.3. The van der Waals surface area contributed by atoms with Gasteiger partial charge in [0, 0.05) is 0 Å². The molecule has 3 aromatic carbocycles. The summed E-state index contributed by atoms with van der Waals surface area (Å²) in [5.41, 5.74) is 0.505. The van der Waals surface area contributed by atoms with Gasteiger partial charge in [0.25, 0.3) is 5.91 Å². The van der Waals surface area contributed by atoms with E-state index in [1.165, 1.54) is 14.0 Å². The van der Waals surface area contributed by atoms with Crippen molar-refractivity contribution in [1.29, 1.82) is 0 Å². The van der Waals surface area contributed by atoms with Gasteiger partial charge in [0.05, 0.1) is 12.8 Å². The lowest BCUT2D eigenvalue weighted by atomic mass is 10.1. The van der Waals surface area contributed by atoms with Gasteiger partial charge in [-0.3, -0.25) is 4.79 Å². The Hall–Kier alpha value is -3.54. The Kier molecular flexibility index (Phi) is 6.11. The first-order chi connectivity index (χ1) is 13.6. The normalized spacial score (nSPS) is 11.5. The average Bonchev–Trinajstić information content (AvgIpc) is 2.72. The zero-order valence-electron chi connectivity index (χ0n) is 15.7. The summed E-state index contributed by atoms with van der Waals surface area (Å²) in [5, 5.41) is 4.77. The largest absolute Gasteiger partial charge is 0.495 e. The van der Waals surface area contributed by atoms with Gasteiger partial charge in [0.15, 0.2) is 12.7 Å². The molecule has 3 rings (SSSR count). The number of amides is 1. The Balaban J connectivity index is 1.52. The van der Waals surface area contributed by atoms with Gasteiger partial charge in [0.1, 0.15) is 11.5 Å². The van der Waals surface area contributed by atoms with E-state index in [1.54, 1.807) is 30.3 Å². The van der Waals surface area contributed by atoms with Crippen LogP contribution in [0, 0.1) is 0 Å². The number of carbonyl (C=O) groups excluding carboxylic acids is 2. The van der Waals surface area contributed by atoms with E-state index in [1.807, 2.05) is 36.4 Å². The molecule has 0 radical (unpaired) electrons. The van der Waals surface area contributed by atoms with Gasteiger partial charge in [-0.15, -0.1) is 0 Å². The maximum absolute atomic E-state index is 12.3. The summed E-state index contributed by atoms with van der Waals surface area (Å²) in [5.74, 6) is -0.00446. The van der Waals surface area contributed by atoms with Crippen LogP contribution in [-0.4, -0.2) is 31.7 Å². The van der Waals surface area contributed by atoms with Crippen molar-refractivity contribution in [2.75, 3.05) is 19.0 Å². The van der Waals surface area contributed by atoms with E-state index in [0.29, 0.717) is 17.2 Å². The van der Waals surface area contributed by atoms with Crippen LogP contribution in [0.2, 0.25) is 0 Å². The van der Waals surface area contributed by atoms with Crippen molar-refractivity contribution in [1.82, 2.24) is 0 Å². The number of methoxy groups -OCH3 is 1. The Morgan fingerprint density at radius 1 is 0.964 bits per heavy atom. The van der Waals surface area contributed by atoms with Crippen LogP contribution in [0.5, 0.6) is 11.5 Å². The van der Waals surface area contributed by atoms with Crippen molar-refractivity contribution in [3.05, 3.63) is 66.7 Å². The second-order valence-corrected chi connectivity index (χ2v) is 6.12. The summed E-state index contributed by atoms with van der Waals surface area (Å²) in [6, 6.07) is 20.4. The third-order valence-corrected chi connectivity index (χ3v) is 4.12. The zero-order chi connectivity index (χ0) is 19.9. The number of hydrogen-bond acceptors (Lipinski definition) is 5. The Labute approximate surface area is 163 Å². The molecule has 1 atom stereocenters. The molecule has 0 aromatic heterocycles. The van der Waals surface area contributed by atoms with E-state index in [0.717, 1.165) is 10.8 Å². The molecule has 1 N–H and O–H groups in total. The van der Waals surface area contributed by atoms with Crippen LogP contribution in [-0.2, 0) is 14.3 Å². The summed E-state index contributed by atoms with van der Waals surface area (Å²) in [6.07, 6.45) is -0.974. The Bertz CT molecular complexity index is 985. The lowest BCUT2D eigenvalue weighted by Gasteiger charge is -2.15. The highest BCUT2D eigenvalue weighted by Crippen LogP contribution is 2.23. The van der Waals surface area contributed by atoms with Crippen LogP contribution in [0.3, 0.4) is 0 Å². The SMILES string of the molecule is COc1ccccc1NC(=O)[C@H](C)OC(=O)COc1ccc2ccccc2c1. The zero-order valence-corrected chi connectivity index (χ0v) is 15.7. The van der Waals surface area contributed by atoms with Gasteiger partial charge in [-0.05, 0) is 42.0 Å². The fourth-order valence-electron chi connectivity index (χ4n) is 2.67. The number of benzene rings is 3. The lowest BCUT2D eigenvalue weighted by Crippen LogP contribution is -2.31. The molecular formula is C22H21NO5. The van der Waals surface area contributed by atoms with Crippen LogP contribution < -0.4 is 14.8 Å². The van der Waals surface area contributed by atoms with Gasteiger partial charge in [-0.2, -0.15) is 0 Å². The number of para-hydroxylation sites is 2. The molecule has 0 saturated carbocycles. The van der Waals surface area contributed by atoms with Crippen molar-refractivity contribution in [3.63, 3.8) is 0 Å². The predicted molar refractivity (Wildman–Crippen MR) is 107 cm³/mol. The quantitative estimate of drug-likeness (QED) is 0.632. The minimum Gasteiger partial charge on any atom is -0.495 e. The molecular weight excluding hydrogens is 358 g/mol. The molecule has 0 aliphatic heterocycles. The fraction of sp³-hybridized carbons (Fsp3) is 0.182. The van der Waals surface area contributed by atoms with E-state index in [4.69, 9.17) is 14.2 Å². The van der Waals surface area contributed by atoms with Gasteiger partial charge in [0.2, 0.25) is 0 Å². The smallest absolute Gasteiger partial charge is 0.344 e. The van der Waals surface area contributed by atoms with Crippen LogP contribution >= 0.6 is 0 Å². The molecule has 0 unspecified atom stereocenters. The van der Waals surface area contributed by atoms with Crippen LogP contribution in [0.4, 0.5) is 5.69 Å². The molecule has 0 aliphatic rings. The van der Waals surface area contributed by atoms with E-state index in [-0.39, 0.29) is 6.61 Å². The summed E-state index contributed by atoms with van der Waals surface area (Å²) in [7, 11) is 1.51. The Morgan fingerprint density at radius 3 is 2.46 bits per heavy atom. The number of esters is 1. The molecule has 0 heterocycles. The first kappa shape index (κ1) is 19.2. The van der Waals surface area contributed by atoms with E-state index < -0.39 is 18.0 Å². The van der Waals surface area contributed by atoms with Crippen LogP contribution in [0.15, 0.2) is 66.7 Å². The third-order valence-electron chi connectivity index (χ3n) is 4.12. The predicted octanol–water partition coefficient (Wildman–Crippen LogP) is 3.80. The molecule has 28 heavy (non-hydrogen) atoms. The van der Waals surface area contributed by atoms with Crippen molar-refractivity contribution in [3.8, 4) is 11.5 Å². The number of rotatable bonds is 7. The standard InChI is InChI=1S/C22H21NO5/c1-15(22(25)23-19-9-5-6-10-20(19)26-2)28-21(24)14-27-18-12-11-16-7-3-4-8-17(16)13-18/h3-13,15H,14H2,1-2H3,(H,23,25)/t15-/m0/s1. The molecule has 0 saturated heterocycles. The van der Waals surface area contributed by atoms with Crippen LogP contribution in [0.1, 0.15) is 6.92 Å². The van der Waals surface area contributed by atoms with E-state index in [9.17, 15) is 9.59 Å². The summed E-state index contributed by atoms with van der Waals surface area (Å²) >= 11 is 0. The molecule has 6 nitrogen and oxygen atoms in total. The minimum absolute atomic E-state index is 0.287. The van der Waals surface area contributed by atoms with Gasteiger partial charge >= 0.3 is 5.97 Å². The molecule has 0 aliphatic carbocycles. The second kappa shape index (κ2) is 8.90. The number of anilines is 1. The van der Waals surface area contributed by atoms with Crippen molar-refractivity contribution in [2.24, 2.45) is 0 Å². The lowest BCUT2D eigenvalue weighted by molar-refractivity contribution is -0.155. The molecule has 0 fully saturated rings. The highest BCUT2D eigenvalue weighted by atomic mass is 16.6. The van der Waals surface area contributed by atoms with Crippen LogP contribution in [0.25, 0.3) is 10.8 Å². The number of fused-ring (bicyclic) bond motifs is 1. The first-order valence-corrected chi connectivity index (χ1v) is 8.82. The summed E-state index contributed by atoms with van der Waals surface area (Å²) in [6.45, 7) is 1.21. The molecule has 0 bridgehead atoms. The minimum atomic E-state index is -0.974. The van der Waals surface area contributed by atoms with Crippen molar-refractivity contribution in [2.45, 2.75) is 13.0 Å². The summed E-state index contributed by atoms with van der Waals surface area (Å²) < 4.78 is 15.8. The maximum atomic E-state index is 12.3. The molecule has 144 valence electrons. The number of ether oxygens (including phenoxy) is 3. The monoisotopic (exact) mass is 379 g/mol. The highest BCUT2D eigenvalue weighted by Gasteiger charge is 2.19. The van der Waals surface area contributed by atoms with Crippen molar-refractivity contribution >= 4 is 28.3 Å². The average molecular weight is 379 g/mol. The molecule has 6 heteroatoms. The third kappa shape index (κ3) is 4.79. The topological polar surface area (TPSA) is 73.9 Å². The Morgan fingerprint density at radius 2 is 1.68 bits per heavy atom. The molecule has 0 spiro atoms. The first-order valence-electron chi connectivity index (χ1n) is 8.82. The van der Waals surface area contributed by atoms with Gasteiger partial charge in [-0.1, -0.05) is 42.5 Å². The number of carbonyl (C=O) groups is 2.